The summed E-state index contributed by atoms with van der Waals surface area (Å²) in [7, 11) is -3.98. The highest BCUT2D eigenvalue weighted by atomic mass is 32.2. The summed E-state index contributed by atoms with van der Waals surface area (Å²) < 4.78 is 27.1. The van der Waals surface area contributed by atoms with E-state index in [2.05, 4.69) is 15.4 Å². The zero-order valence-corrected chi connectivity index (χ0v) is 20.5. The number of nitrogens with zero attached hydrogens (tertiary/aromatic N) is 1. The SMILES string of the molecule is Cc1ccc2c(c1)CN(C(=O)NCCc1ccc(S(=O)(=O)NC(=O)NC3CCCCC3)cc1)C2=O. The van der Waals surface area contributed by atoms with Gasteiger partial charge in [0.15, 0.2) is 0 Å². The van der Waals surface area contributed by atoms with Gasteiger partial charge in [0, 0.05) is 18.2 Å². The first-order valence-electron chi connectivity index (χ1n) is 11.8. The van der Waals surface area contributed by atoms with Crippen molar-refractivity contribution in [1.82, 2.24) is 20.3 Å². The summed E-state index contributed by atoms with van der Waals surface area (Å²) in [6, 6.07) is 10.5. The van der Waals surface area contributed by atoms with Crippen LogP contribution < -0.4 is 15.4 Å². The minimum atomic E-state index is -3.98. The monoisotopic (exact) mass is 498 g/mol. The summed E-state index contributed by atoms with van der Waals surface area (Å²) in [6.07, 6.45) is 5.37. The van der Waals surface area contributed by atoms with Crippen molar-refractivity contribution >= 4 is 28.0 Å². The summed E-state index contributed by atoms with van der Waals surface area (Å²) in [4.78, 5) is 38.3. The Labute approximate surface area is 205 Å². The number of amides is 5. The van der Waals surface area contributed by atoms with Gasteiger partial charge in [-0.05, 0) is 55.5 Å². The van der Waals surface area contributed by atoms with E-state index in [1.165, 1.54) is 17.0 Å². The molecule has 4 rings (SSSR count). The lowest BCUT2D eigenvalue weighted by molar-refractivity contribution is 0.0821. The second kappa shape index (κ2) is 10.5. The van der Waals surface area contributed by atoms with E-state index >= 15 is 0 Å². The molecule has 0 radical (unpaired) electrons. The molecule has 186 valence electrons. The lowest BCUT2D eigenvalue weighted by Crippen LogP contribution is -2.45. The summed E-state index contributed by atoms with van der Waals surface area (Å²) in [6.45, 7) is 2.47. The Bertz CT molecular complexity index is 1220. The molecule has 0 bridgehead atoms. The Balaban J connectivity index is 1.25. The van der Waals surface area contributed by atoms with E-state index in [-0.39, 0.29) is 29.9 Å². The third-order valence-electron chi connectivity index (χ3n) is 6.40. The van der Waals surface area contributed by atoms with Crippen LogP contribution in [0.15, 0.2) is 47.4 Å². The first-order valence-corrected chi connectivity index (χ1v) is 13.3. The van der Waals surface area contributed by atoms with Gasteiger partial charge in [-0.2, -0.15) is 0 Å². The number of imide groups is 1. The second-order valence-electron chi connectivity index (χ2n) is 9.09. The molecular weight excluding hydrogens is 468 g/mol. The molecule has 10 heteroatoms. The van der Waals surface area contributed by atoms with Crippen LogP contribution >= 0.6 is 0 Å². The molecule has 1 fully saturated rings. The van der Waals surface area contributed by atoms with Crippen LogP contribution in [0.4, 0.5) is 9.59 Å². The number of fused-ring (bicyclic) bond motifs is 1. The molecule has 35 heavy (non-hydrogen) atoms. The quantitative estimate of drug-likeness (QED) is 0.564. The molecule has 0 spiro atoms. The Morgan fingerprint density at radius 3 is 2.46 bits per heavy atom. The van der Waals surface area contributed by atoms with Crippen LogP contribution in [0.2, 0.25) is 0 Å². The van der Waals surface area contributed by atoms with E-state index in [9.17, 15) is 22.8 Å². The van der Waals surface area contributed by atoms with Crippen molar-refractivity contribution in [2.24, 2.45) is 0 Å². The Hall–Kier alpha value is -3.40. The highest BCUT2D eigenvalue weighted by molar-refractivity contribution is 7.90. The van der Waals surface area contributed by atoms with Crippen LogP contribution in [0.1, 0.15) is 59.2 Å². The molecule has 2 aromatic rings. The number of carbonyl (C=O) groups is 3. The number of carbonyl (C=O) groups excluding carboxylic acids is 3. The minimum Gasteiger partial charge on any atom is -0.337 e. The number of urea groups is 2. The fourth-order valence-corrected chi connectivity index (χ4v) is 5.42. The molecule has 5 amide bonds. The first kappa shape index (κ1) is 24.7. The third-order valence-corrected chi connectivity index (χ3v) is 7.75. The van der Waals surface area contributed by atoms with Gasteiger partial charge in [0.2, 0.25) is 0 Å². The predicted molar refractivity (Wildman–Crippen MR) is 130 cm³/mol. The van der Waals surface area contributed by atoms with E-state index in [1.807, 2.05) is 19.1 Å². The van der Waals surface area contributed by atoms with Gasteiger partial charge in [-0.3, -0.25) is 9.69 Å². The van der Waals surface area contributed by atoms with Gasteiger partial charge in [0.05, 0.1) is 11.4 Å². The average Bonchev–Trinajstić information content (AvgIpc) is 3.15. The van der Waals surface area contributed by atoms with E-state index in [4.69, 9.17) is 0 Å². The molecule has 9 nitrogen and oxygen atoms in total. The summed E-state index contributed by atoms with van der Waals surface area (Å²) in [5, 5.41) is 5.48. The number of aryl methyl sites for hydroxylation is 1. The van der Waals surface area contributed by atoms with Gasteiger partial charge >= 0.3 is 12.1 Å². The van der Waals surface area contributed by atoms with Crippen LogP contribution in [0.3, 0.4) is 0 Å². The summed E-state index contributed by atoms with van der Waals surface area (Å²) >= 11 is 0. The van der Waals surface area contributed by atoms with Gasteiger partial charge in [-0.15, -0.1) is 0 Å². The van der Waals surface area contributed by atoms with E-state index in [0.29, 0.717) is 12.0 Å². The molecule has 0 saturated heterocycles. The zero-order chi connectivity index (χ0) is 25.0. The molecule has 1 aliphatic carbocycles. The zero-order valence-electron chi connectivity index (χ0n) is 19.7. The number of hydrogen-bond acceptors (Lipinski definition) is 5. The molecule has 3 N–H and O–H groups in total. The number of sulfonamides is 1. The highest BCUT2D eigenvalue weighted by Gasteiger charge is 2.31. The number of hydrogen-bond donors (Lipinski definition) is 3. The predicted octanol–water partition coefficient (Wildman–Crippen LogP) is 3.22. The number of benzene rings is 2. The smallest absolute Gasteiger partial charge is 0.328 e. The van der Waals surface area contributed by atoms with Crippen molar-refractivity contribution < 1.29 is 22.8 Å². The number of nitrogens with one attached hydrogen (secondary N) is 3. The van der Waals surface area contributed by atoms with Crippen LogP contribution in [-0.4, -0.2) is 43.9 Å². The van der Waals surface area contributed by atoms with Gasteiger partial charge < -0.3 is 10.6 Å². The van der Waals surface area contributed by atoms with Crippen molar-refractivity contribution in [3.63, 3.8) is 0 Å². The van der Waals surface area contributed by atoms with Crippen molar-refractivity contribution in [3.05, 3.63) is 64.7 Å². The molecule has 0 atom stereocenters. The highest BCUT2D eigenvalue weighted by Crippen LogP contribution is 2.23. The third kappa shape index (κ3) is 6.00. The van der Waals surface area contributed by atoms with Crippen LogP contribution in [0.25, 0.3) is 0 Å². The van der Waals surface area contributed by atoms with E-state index in [0.717, 1.165) is 48.8 Å². The lowest BCUT2D eigenvalue weighted by Gasteiger charge is -2.22. The fraction of sp³-hybridized carbons (Fsp3) is 0.400. The summed E-state index contributed by atoms with van der Waals surface area (Å²) in [5.41, 5.74) is 3.22. The molecule has 1 heterocycles. The van der Waals surface area contributed by atoms with E-state index in [1.54, 1.807) is 18.2 Å². The lowest BCUT2D eigenvalue weighted by atomic mass is 9.96. The molecule has 2 aromatic carbocycles. The number of rotatable bonds is 6. The topological polar surface area (TPSA) is 125 Å². The standard InChI is InChI=1S/C25H30N4O5S/c1-17-7-12-22-19(15-17)16-29(23(22)30)25(32)26-14-13-18-8-10-21(11-9-18)35(33,34)28-24(31)27-20-5-3-2-4-6-20/h7-12,15,20H,2-6,13-14,16H2,1H3,(H,26,32)(H2,27,28,31). The van der Waals surface area contributed by atoms with Crippen LogP contribution in [-0.2, 0) is 23.0 Å². The largest absolute Gasteiger partial charge is 0.337 e. The molecule has 0 aromatic heterocycles. The maximum atomic E-state index is 12.5. The second-order valence-corrected chi connectivity index (χ2v) is 10.8. The van der Waals surface area contributed by atoms with Gasteiger partial charge in [0.25, 0.3) is 15.9 Å². The Kier molecular flexibility index (Phi) is 7.39. The summed E-state index contributed by atoms with van der Waals surface area (Å²) in [5.74, 6) is -0.313. The molecule has 2 aliphatic rings. The Morgan fingerprint density at radius 1 is 1.03 bits per heavy atom. The van der Waals surface area contributed by atoms with Crippen molar-refractivity contribution in [2.75, 3.05) is 6.54 Å². The van der Waals surface area contributed by atoms with Gasteiger partial charge in [-0.1, -0.05) is 49.1 Å². The minimum absolute atomic E-state index is 0.00525. The van der Waals surface area contributed by atoms with Crippen LogP contribution in [0, 0.1) is 6.92 Å². The van der Waals surface area contributed by atoms with E-state index < -0.39 is 22.1 Å². The van der Waals surface area contributed by atoms with Gasteiger partial charge in [-0.25, -0.2) is 22.7 Å². The van der Waals surface area contributed by atoms with Crippen LogP contribution in [0.5, 0.6) is 0 Å². The van der Waals surface area contributed by atoms with Crippen molar-refractivity contribution in [3.8, 4) is 0 Å². The first-order chi connectivity index (χ1) is 16.7. The Morgan fingerprint density at radius 2 is 1.74 bits per heavy atom. The fourth-order valence-electron chi connectivity index (χ4n) is 4.50. The maximum absolute atomic E-state index is 12.5. The molecule has 0 unspecified atom stereocenters. The average molecular weight is 499 g/mol. The van der Waals surface area contributed by atoms with Crippen molar-refractivity contribution in [2.45, 2.75) is 62.9 Å². The normalized spacial score (nSPS) is 16.0. The van der Waals surface area contributed by atoms with Gasteiger partial charge in [0.1, 0.15) is 0 Å². The maximum Gasteiger partial charge on any atom is 0.328 e. The molecule has 1 aliphatic heterocycles. The van der Waals surface area contributed by atoms with Crippen molar-refractivity contribution in [1.29, 1.82) is 0 Å². The molecule has 1 saturated carbocycles. The molecular formula is C25H30N4O5S.